The summed E-state index contributed by atoms with van der Waals surface area (Å²) >= 11 is 5.71. The number of nitrogens with zero attached hydrogens (tertiary/aromatic N) is 3. The molecule has 0 unspecified atom stereocenters. The normalized spacial score (nSPS) is 19.1. The van der Waals surface area contributed by atoms with Crippen LogP contribution in [0.2, 0.25) is 5.02 Å². The van der Waals surface area contributed by atoms with Gasteiger partial charge < -0.3 is 15.3 Å². The molecule has 33 heavy (non-hydrogen) atoms. The molecule has 1 aliphatic heterocycles. The van der Waals surface area contributed by atoms with E-state index >= 15 is 0 Å². The maximum atomic E-state index is 13.8. The van der Waals surface area contributed by atoms with Crippen molar-refractivity contribution in [1.29, 1.82) is 0 Å². The van der Waals surface area contributed by atoms with Crippen LogP contribution in [0, 0.1) is 11.7 Å². The predicted octanol–water partition coefficient (Wildman–Crippen LogP) is 4.44. The van der Waals surface area contributed by atoms with Crippen LogP contribution in [0.4, 0.5) is 18.0 Å². The van der Waals surface area contributed by atoms with E-state index in [4.69, 9.17) is 11.6 Å². The highest BCUT2D eigenvalue weighted by atomic mass is 35.5. The Balaban J connectivity index is 1.39. The van der Waals surface area contributed by atoms with Crippen molar-refractivity contribution in [2.75, 3.05) is 13.2 Å². The fourth-order valence-corrected chi connectivity index (χ4v) is 4.50. The Morgan fingerprint density at radius 2 is 2.09 bits per heavy atom. The number of aliphatic hydroxyl groups excluding tert-OH is 1. The predicted molar refractivity (Wildman–Crippen MR) is 117 cm³/mol. The molecular formula is C23H26ClF3N4O2. The number of carbonyl (C=O) groups excluding carboxylic acids is 1. The molecule has 1 aliphatic carbocycles. The first-order valence-corrected chi connectivity index (χ1v) is 11.4. The number of carbonyl (C=O) groups is 1. The lowest BCUT2D eigenvalue weighted by Crippen LogP contribution is -2.45. The Morgan fingerprint density at radius 3 is 2.79 bits per heavy atom. The molecule has 10 heteroatoms. The van der Waals surface area contributed by atoms with E-state index in [1.54, 1.807) is 17.2 Å². The van der Waals surface area contributed by atoms with Crippen molar-refractivity contribution >= 4 is 17.6 Å². The van der Waals surface area contributed by atoms with E-state index in [1.807, 2.05) is 0 Å². The van der Waals surface area contributed by atoms with Crippen molar-refractivity contribution in [1.82, 2.24) is 20.2 Å². The van der Waals surface area contributed by atoms with Gasteiger partial charge in [-0.2, -0.15) is 0 Å². The topological polar surface area (TPSA) is 78.4 Å². The Morgan fingerprint density at radius 1 is 1.33 bits per heavy atom. The Labute approximate surface area is 195 Å². The Hall–Kier alpha value is -2.39. The lowest BCUT2D eigenvalue weighted by Gasteiger charge is -2.30. The van der Waals surface area contributed by atoms with Gasteiger partial charge in [-0.05, 0) is 48.4 Å². The fraction of sp³-hybridized carbons (Fsp3) is 0.522. The zero-order chi connectivity index (χ0) is 23.6. The average molecular weight is 483 g/mol. The number of alkyl halides is 2. The highest BCUT2D eigenvalue weighted by Gasteiger charge is 2.35. The quantitative estimate of drug-likeness (QED) is 0.660. The molecule has 0 radical (unpaired) electrons. The number of amides is 2. The summed E-state index contributed by atoms with van der Waals surface area (Å²) < 4.78 is 40.6. The summed E-state index contributed by atoms with van der Waals surface area (Å²) in [5.74, 6) is -2.45. The second kappa shape index (κ2) is 9.85. The van der Waals surface area contributed by atoms with E-state index < -0.39 is 30.4 Å². The summed E-state index contributed by atoms with van der Waals surface area (Å²) in [7, 11) is 0. The number of aromatic nitrogens is 2. The number of rotatable bonds is 5. The van der Waals surface area contributed by atoms with Gasteiger partial charge >= 0.3 is 6.03 Å². The molecule has 1 fully saturated rings. The zero-order valence-electron chi connectivity index (χ0n) is 18.0. The Kier molecular flexibility index (Phi) is 7.09. The smallest absolute Gasteiger partial charge is 0.318 e. The molecule has 4 rings (SSSR count). The van der Waals surface area contributed by atoms with Gasteiger partial charge in [0, 0.05) is 32.0 Å². The molecule has 0 saturated heterocycles. The van der Waals surface area contributed by atoms with Crippen LogP contribution in [0.3, 0.4) is 0 Å². The summed E-state index contributed by atoms with van der Waals surface area (Å²) in [6, 6.07) is 2.94. The first-order chi connectivity index (χ1) is 15.7. The molecule has 1 saturated carbocycles. The monoisotopic (exact) mass is 482 g/mol. The molecule has 2 N–H and O–H groups in total. The third kappa shape index (κ3) is 5.76. The number of urea groups is 1. The summed E-state index contributed by atoms with van der Waals surface area (Å²) in [5, 5.41) is 12.4. The highest BCUT2D eigenvalue weighted by Crippen LogP contribution is 2.37. The average Bonchev–Trinajstić information content (AvgIpc) is 2.80. The van der Waals surface area contributed by atoms with Crippen LogP contribution in [0.15, 0.2) is 24.4 Å². The molecule has 0 spiro atoms. The van der Waals surface area contributed by atoms with Gasteiger partial charge in [0.05, 0.1) is 29.9 Å². The maximum absolute atomic E-state index is 13.8. The lowest BCUT2D eigenvalue weighted by molar-refractivity contribution is -0.0458. The second-order valence-corrected chi connectivity index (χ2v) is 9.20. The molecule has 2 aromatic rings. The van der Waals surface area contributed by atoms with Crippen LogP contribution in [0.25, 0.3) is 0 Å². The second-order valence-electron chi connectivity index (χ2n) is 8.79. The van der Waals surface area contributed by atoms with Gasteiger partial charge in [-0.15, -0.1) is 0 Å². The number of aliphatic hydroxyl groups is 1. The van der Waals surface area contributed by atoms with Crippen LogP contribution < -0.4 is 5.32 Å². The number of hydrogen-bond acceptors (Lipinski definition) is 4. The lowest BCUT2D eigenvalue weighted by atomic mass is 9.84. The van der Waals surface area contributed by atoms with Crippen molar-refractivity contribution in [2.24, 2.45) is 5.92 Å². The van der Waals surface area contributed by atoms with Crippen LogP contribution in [-0.2, 0) is 19.4 Å². The van der Waals surface area contributed by atoms with E-state index in [9.17, 15) is 23.1 Å². The number of fused-ring (bicyclic) bond motifs is 1. The summed E-state index contributed by atoms with van der Waals surface area (Å²) in [6.45, 7) is 0.322. The first kappa shape index (κ1) is 23.8. The van der Waals surface area contributed by atoms with Gasteiger partial charge in [-0.3, -0.25) is 0 Å². The van der Waals surface area contributed by atoms with Gasteiger partial charge in [0.2, 0.25) is 5.92 Å². The molecule has 2 amide bonds. The van der Waals surface area contributed by atoms with Crippen molar-refractivity contribution in [3.05, 3.63) is 57.9 Å². The van der Waals surface area contributed by atoms with Crippen molar-refractivity contribution in [3.63, 3.8) is 0 Å². The number of halogens is 4. The molecular weight excluding hydrogens is 457 g/mol. The molecule has 6 nitrogen and oxygen atoms in total. The minimum Gasteiger partial charge on any atom is -0.394 e. The minimum atomic E-state index is -2.56. The van der Waals surface area contributed by atoms with Gasteiger partial charge in [-0.25, -0.2) is 27.9 Å². The SMILES string of the molecule is O=C(N[C@H](CO)c1ccc(Cl)c(F)c1)N1CCc2cnc(CC3CCC(F)(F)CC3)nc2C1. The molecule has 0 bridgehead atoms. The van der Waals surface area contributed by atoms with Crippen LogP contribution in [-0.4, -0.2) is 45.1 Å². The standard InChI is InChI=1S/C23H26ClF3N4O2/c24-17-2-1-15(10-18(17)25)20(13-32)30-22(33)31-8-5-16-11-28-21(29-19(16)12-31)9-14-3-6-23(26,27)7-4-14/h1-2,10-11,14,20,32H,3-9,12-13H2,(H,30,33)/t20-/m1/s1. The van der Waals surface area contributed by atoms with Crippen LogP contribution in [0.1, 0.15) is 54.4 Å². The Bertz CT molecular complexity index is 1010. The highest BCUT2D eigenvalue weighted by molar-refractivity contribution is 6.30. The molecule has 178 valence electrons. The third-order valence-corrected chi connectivity index (χ3v) is 6.72. The van der Waals surface area contributed by atoms with Gasteiger partial charge in [0.15, 0.2) is 0 Å². The first-order valence-electron chi connectivity index (χ1n) is 11.1. The summed E-state index contributed by atoms with van der Waals surface area (Å²) in [5.41, 5.74) is 2.10. The summed E-state index contributed by atoms with van der Waals surface area (Å²) in [4.78, 5) is 23.4. The van der Waals surface area contributed by atoms with Crippen molar-refractivity contribution in [2.45, 2.75) is 57.0 Å². The van der Waals surface area contributed by atoms with E-state index in [1.165, 1.54) is 12.1 Å². The summed E-state index contributed by atoms with van der Waals surface area (Å²) in [6.07, 6.45) is 3.60. The minimum absolute atomic E-state index is 0.0353. The van der Waals surface area contributed by atoms with Gasteiger partial charge in [0.1, 0.15) is 11.6 Å². The number of hydrogen-bond donors (Lipinski definition) is 2. The van der Waals surface area contributed by atoms with E-state index in [-0.39, 0.29) is 30.3 Å². The maximum Gasteiger partial charge on any atom is 0.318 e. The molecule has 2 heterocycles. The van der Waals surface area contributed by atoms with E-state index in [2.05, 4.69) is 15.3 Å². The van der Waals surface area contributed by atoms with E-state index in [0.29, 0.717) is 43.6 Å². The van der Waals surface area contributed by atoms with E-state index in [0.717, 1.165) is 11.3 Å². The zero-order valence-corrected chi connectivity index (χ0v) is 18.8. The van der Waals surface area contributed by atoms with Crippen LogP contribution >= 0.6 is 11.6 Å². The molecule has 1 aromatic carbocycles. The van der Waals surface area contributed by atoms with Crippen molar-refractivity contribution in [3.8, 4) is 0 Å². The molecule has 2 aliphatic rings. The van der Waals surface area contributed by atoms with Gasteiger partial charge in [-0.1, -0.05) is 17.7 Å². The number of benzene rings is 1. The molecule has 1 aromatic heterocycles. The third-order valence-electron chi connectivity index (χ3n) is 6.42. The molecule has 1 atom stereocenters. The fourth-order valence-electron chi connectivity index (χ4n) is 4.38. The number of nitrogens with one attached hydrogen (secondary N) is 1. The van der Waals surface area contributed by atoms with Crippen molar-refractivity contribution < 1.29 is 23.1 Å². The largest absolute Gasteiger partial charge is 0.394 e. The van der Waals surface area contributed by atoms with Crippen LogP contribution in [0.5, 0.6) is 0 Å². The van der Waals surface area contributed by atoms with Gasteiger partial charge in [0.25, 0.3) is 0 Å².